The summed E-state index contributed by atoms with van der Waals surface area (Å²) in [7, 11) is 1.58. The van der Waals surface area contributed by atoms with Crippen molar-refractivity contribution < 1.29 is 18.7 Å². The van der Waals surface area contributed by atoms with Gasteiger partial charge in [0.15, 0.2) is 5.78 Å². The van der Waals surface area contributed by atoms with Crippen molar-refractivity contribution in [2.24, 2.45) is 5.92 Å². The number of ketones is 1. The number of hydrogen-bond acceptors (Lipinski definition) is 5. The van der Waals surface area contributed by atoms with Crippen LogP contribution >= 0.6 is 0 Å². The Kier molecular flexibility index (Phi) is 6.82. The van der Waals surface area contributed by atoms with E-state index in [9.17, 15) is 18.8 Å². The molecule has 1 aliphatic rings. The molecule has 0 unspecified atom stereocenters. The molecule has 2 heterocycles. The second-order valence-corrected chi connectivity index (χ2v) is 8.25. The van der Waals surface area contributed by atoms with Crippen LogP contribution in [0.25, 0.3) is 10.9 Å². The summed E-state index contributed by atoms with van der Waals surface area (Å²) in [6.45, 7) is 1.09. The van der Waals surface area contributed by atoms with Gasteiger partial charge in [0.05, 0.1) is 12.5 Å². The van der Waals surface area contributed by atoms with Gasteiger partial charge in [-0.2, -0.15) is 0 Å². The van der Waals surface area contributed by atoms with Gasteiger partial charge in [0.1, 0.15) is 22.9 Å². The number of nitrogens with zero attached hydrogens (tertiary/aromatic N) is 2. The summed E-state index contributed by atoms with van der Waals surface area (Å²) in [5, 5.41) is 0.210. The summed E-state index contributed by atoms with van der Waals surface area (Å²) < 4.78 is 19.1. The molecule has 0 radical (unpaired) electrons. The molecule has 1 amide bonds. The molecule has 33 heavy (non-hydrogen) atoms. The van der Waals surface area contributed by atoms with Gasteiger partial charge in [-0.3, -0.25) is 14.4 Å². The fourth-order valence-electron chi connectivity index (χ4n) is 4.24. The zero-order chi connectivity index (χ0) is 23.4. The maximum absolute atomic E-state index is 14.0. The third kappa shape index (κ3) is 5.10. The molecule has 7 nitrogen and oxygen atoms in total. The Labute approximate surface area is 190 Å². The number of aromatic amines is 1. The molecule has 172 valence electrons. The van der Waals surface area contributed by atoms with E-state index in [0.29, 0.717) is 62.3 Å². The Bertz CT molecular complexity index is 1210. The number of piperidine rings is 1. The Morgan fingerprint density at radius 2 is 1.88 bits per heavy atom. The number of Topliss-reactive ketones (excluding diaryl/α,β-unsaturated/α-hetero) is 1. The monoisotopic (exact) mass is 451 g/mol. The van der Waals surface area contributed by atoms with E-state index in [1.807, 2.05) is 0 Å². The number of methoxy groups -OCH3 is 1. The standard InChI is InChI=1S/C25H26FN3O4/c1-33-18-10-8-16(9-11-18)24(31)17-12-14-29(15-13-17)22(30)7-3-6-21-27-23-19(25(32)28-21)4-2-5-20(23)26/h2,4-5,8-11,17H,3,6-7,12-15H2,1H3,(H,27,28,32). The van der Waals surface area contributed by atoms with Crippen LogP contribution in [0, 0.1) is 11.7 Å². The number of fused-ring (bicyclic) bond motifs is 1. The highest BCUT2D eigenvalue weighted by Crippen LogP contribution is 2.24. The molecule has 3 aromatic rings. The number of para-hydroxylation sites is 1. The van der Waals surface area contributed by atoms with Crippen LogP contribution in [0.4, 0.5) is 4.39 Å². The predicted molar refractivity (Wildman–Crippen MR) is 122 cm³/mol. The second kappa shape index (κ2) is 9.94. The highest BCUT2D eigenvalue weighted by atomic mass is 19.1. The number of H-pyrrole nitrogens is 1. The first-order valence-electron chi connectivity index (χ1n) is 11.1. The molecular weight excluding hydrogens is 425 g/mol. The molecule has 2 aromatic carbocycles. The Morgan fingerprint density at radius 1 is 1.15 bits per heavy atom. The van der Waals surface area contributed by atoms with Crippen LogP contribution < -0.4 is 10.3 Å². The predicted octanol–water partition coefficient (Wildman–Crippen LogP) is 3.52. The Balaban J connectivity index is 1.27. The van der Waals surface area contributed by atoms with Crippen molar-refractivity contribution >= 4 is 22.6 Å². The number of carbonyl (C=O) groups is 2. The highest BCUT2D eigenvalue weighted by molar-refractivity contribution is 5.98. The van der Waals surface area contributed by atoms with E-state index >= 15 is 0 Å². The minimum atomic E-state index is -0.539. The van der Waals surface area contributed by atoms with E-state index in [2.05, 4.69) is 9.97 Å². The van der Waals surface area contributed by atoms with Crippen LogP contribution in [0.2, 0.25) is 0 Å². The lowest BCUT2D eigenvalue weighted by Crippen LogP contribution is -2.40. The third-order valence-electron chi connectivity index (χ3n) is 6.13. The van der Waals surface area contributed by atoms with Gasteiger partial charge in [0.2, 0.25) is 5.91 Å². The number of rotatable bonds is 7. The molecule has 0 atom stereocenters. The fourth-order valence-corrected chi connectivity index (χ4v) is 4.24. The van der Waals surface area contributed by atoms with Gasteiger partial charge in [-0.25, -0.2) is 9.37 Å². The molecule has 1 aliphatic heterocycles. The van der Waals surface area contributed by atoms with Crippen LogP contribution in [0.15, 0.2) is 47.3 Å². The molecule has 0 spiro atoms. The number of ether oxygens (including phenoxy) is 1. The number of benzene rings is 2. The summed E-state index contributed by atoms with van der Waals surface area (Å²) in [6, 6.07) is 11.4. The second-order valence-electron chi connectivity index (χ2n) is 8.25. The average Bonchev–Trinajstić information content (AvgIpc) is 2.84. The van der Waals surface area contributed by atoms with Gasteiger partial charge in [-0.15, -0.1) is 0 Å². The molecule has 0 bridgehead atoms. The van der Waals surface area contributed by atoms with Gasteiger partial charge in [0.25, 0.3) is 5.56 Å². The number of amides is 1. The lowest BCUT2D eigenvalue weighted by atomic mass is 9.88. The maximum Gasteiger partial charge on any atom is 0.258 e. The summed E-state index contributed by atoms with van der Waals surface area (Å²) in [5.41, 5.74) is 0.324. The number of likely N-dealkylation sites (tertiary alicyclic amines) is 1. The van der Waals surface area contributed by atoms with Crippen LogP contribution in [0.3, 0.4) is 0 Å². The molecule has 8 heteroatoms. The molecule has 1 N–H and O–H groups in total. The normalized spacial score (nSPS) is 14.4. The van der Waals surface area contributed by atoms with Crippen LogP contribution in [-0.2, 0) is 11.2 Å². The van der Waals surface area contributed by atoms with Crippen LogP contribution in [0.1, 0.15) is 41.9 Å². The number of nitrogens with one attached hydrogen (secondary N) is 1. The van der Waals surface area contributed by atoms with E-state index < -0.39 is 5.82 Å². The van der Waals surface area contributed by atoms with Gasteiger partial charge < -0.3 is 14.6 Å². The number of aryl methyl sites for hydroxylation is 1. The molecule has 4 rings (SSSR count). The van der Waals surface area contributed by atoms with Gasteiger partial charge in [-0.1, -0.05) is 6.07 Å². The molecule has 0 saturated carbocycles. The van der Waals surface area contributed by atoms with Crippen molar-refractivity contribution in [3.8, 4) is 5.75 Å². The van der Waals surface area contributed by atoms with E-state index in [0.717, 1.165) is 0 Å². The maximum atomic E-state index is 14.0. The molecule has 0 aliphatic carbocycles. The van der Waals surface area contributed by atoms with E-state index in [1.165, 1.54) is 18.2 Å². The van der Waals surface area contributed by atoms with Crippen molar-refractivity contribution in [3.63, 3.8) is 0 Å². The Hall–Kier alpha value is -3.55. The van der Waals surface area contributed by atoms with Gasteiger partial charge >= 0.3 is 0 Å². The molecular formula is C25H26FN3O4. The first-order chi connectivity index (χ1) is 16.0. The first-order valence-corrected chi connectivity index (χ1v) is 11.1. The molecule has 1 saturated heterocycles. The number of hydrogen-bond donors (Lipinski definition) is 1. The van der Waals surface area contributed by atoms with Crippen molar-refractivity contribution in [2.45, 2.75) is 32.1 Å². The fraction of sp³-hybridized carbons (Fsp3) is 0.360. The third-order valence-corrected chi connectivity index (χ3v) is 6.13. The Morgan fingerprint density at radius 3 is 2.58 bits per heavy atom. The van der Waals surface area contributed by atoms with E-state index in [-0.39, 0.29) is 34.1 Å². The lowest BCUT2D eigenvalue weighted by Gasteiger charge is -2.31. The molecule has 1 aromatic heterocycles. The number of carbonyl (C=O) groups excluding carboxylic acids is 2. The van der Waals surface area contributed by atoms with Crippen molar-refractivity contribution in [3.05, 3.63) is 70.0 Å². The topological polar surface area (TPSA) is 92.4 Å². The quantitative estimate of drug-likeness (QED) is 0.555. The van der Waals surface area contributed by atoms with Crippen LogP contribution in [-0.4, -0.2) is 46.8 Å². The average molecular weight is 451 g/mol. The summed E-state index contributed by atoms with van der Waals surface area (Å²) in [6.07, 6.45) is 2.44. The lowest BCUT2D eigenvalue weighted by molar-refractivity contribution is -0.132. The van der Waals surface area contributed by atoms with Crippen molar-refractivity contribution in [1.82, 2.24) is 14.9 Å². The smallest absolute Gasteiger partial charge is 0.258 e. The zero-order valence-electron chi connectivity index (χ0n) is 18.5. The number of aromatic nitrogens is 2. The minimum Gasteiger partial charge on any atom is -0.497 e. The zero-order valence-corrected chi connectivity index (χ0v) is 18.5. The van der Waals surface area contributed by atoms with Crippen LogP contribution in [0.5, 0.6) is 5.75 Å². The van der Waals surface area contributed by atoms with E-state index in [4.69, 9.17) is 4.74 Å². The van der Waals surface area contributed by atoms with Crippen molar-refractivity contribution in [2.75, 3.05) is 20.2 Å². The SMILES string of the molecule is COc1ccc(C(=O)C2CCN(C(=O)CCCc3nc4c(F)cccc4c(=O)[nH]3)CC2)cc1. The van der Waals surface area contributed by atoms with Gasteiger partial charge in [-0.05, 0) is 55.7 Å². The largest absolute Gasteiger partial charge is 0.497 e. The first kappa shape index (κ1) is 22.6. The summed E-state index contributed by atoms with van der Waals surface area (Å²) in [4.78, 5) is 46.2. The number of halogens is 1. The van der Waals surface area contributed by atoms with E-state index in [1.54, 1.807) is 36.3 Å². The van der Waals surface area contributed by atoms with Gasteiger partial charge in [0, 0.05) is 37.4 Å². The van der Waals surface area contributed by atoms with Crippen molar-refractivity contribution in [1.29, 1.82) is 0 Å². The summed E-state index contributed by atoms with van der Waals surface area (Å²) in [5.74, 6) is 0.560. The highest BCUT2D eigenvalue weighted by Gasteiger charge is 2.27. The summed E-state index contributed by atoms with van der Waals surface area (Å²) >= 11 is 0. The molecule has 1 fully saturated rings. The minimum absolute atomic E-state index is 0.0136.